The number of aromatic nitrogens is 2. The molecular weight excluding hydrogens is 349 g/mol. The van der Waals surface area contributed by atoms with Crippen LogP contribution in [-0.4, -0.2) is 15.5 Å². The molecule has 3 rings (SSSR count). The zero-order valence-corrected chi connectivity index (χ0v) is 14.0. The number of carbonyl (C=O) groups excluding carboxylic acids is 1. The molecule has 0 radical (unpaired) electrons. The summed E-state index contributed by atoms with van der Waals surface area (Å²) in [6.07, 6.45) is 2.08. The fraction of sp³-hybridized carbons (Fsp3) is 0.118. The van der Waals surface area contributed by atoms with Crippen LogP contribution in [0.5, 0.6) is 0 Å². The van der Waals surface area contributed by atoms with Gasteiger partial charge in [0.2, 0.25) is 5.91 Å². The fourth-order valence-corrected chi connectivity index (χ4v) is 2.74. The van der Waals surface area contributed by atoms with Gasteiger partial charge in [-0.3, -0.25) is 14.2 Å². The molecular formula is C17H13Cl2N3O2. The van der Waals surface area contributed by atoms with Gasteiger partial charge in [0.05, 0.1) is 27.3 Å². The molecule has 0 aliphatic carbocycles. The number of hydrogen-bond acceptors (Lipinski definition) is 3. The van der Waals surface area contributed by atoms with Crippen LogP contribution in [0, 0.1) is 0 Å². The first kappa shape index (κ1) is 16.5. The molecule has 0 spiro atoms. The zero-order valence-electron chi connectivity index (χ0n) is 12.5. The lowest BCUT2D eigenvalue weighted by atomic mass is 10.1. The van der Waals surface area contributed by atoms with E-state index >= 15 is 0 Å². The van der Waals surface area contributed by atoms with E-state index in [1.165, 1.54) is 23.0 Å². The minimum absolute atomic E-state index is 0.170. The Hall–Kier alpha value is -2.37. The molecule has 0 aliphatic rings. The van der Waals surface area contributed by atoms with Gasteiger partial charge in [-0.05, 0) is 42.3 Å². The molecule has 0 aliphatic heterocycles. The molecule has 0 saturated carbocycles. The van der Waals surface area contributed by atoms with Gasteiger partial charge in [0.25, 0.3) is 5.56 Å². The molecule has 3 aromatic rings. The molecule has 24 heavy (non-hydrogen) atoms. The second-order valence-corrected chi connectivity index (χ2v) is 6.15. The minimum Gasteiger partial charge on any atom is -0.366 e. The topological polar surface area (TPSA) is 78.0 Å². The summed E-state index contributed by atoms with van der Waals surface area (Å²) >= 11 is 11.9. The first-order valence-corrected chi connectivity index (χ1v) is 7.94. The highest BCUT2D eigenvalue weighted by atomic mass is 35.5. The van der Waals surface area contributed by atoms with E-state index in [4.69, 9.17) is 28.9 Å². The first-order chi connectivity index (χ1) is 11.5. The predicted molar refractivity (Wildman–Crippen MR) is 94.7 cm³/mol. The number of halogens is 2. The summed E-state index contributed by atoms with van der Waals surface area (Å²) in [5, 5.41) is 1.42. The maximum absolute atomic E-state index is 12.5. The van der Waals surface area contributed by atoms with E-state index in [0.717, 1.165) is 5.56 Å². The maximum atomic E-state index is 12.5. The summed E-state index contributed by atoms with van der Waals surface area (Å²) in [6, 6.07) is 9.99. The van der Waals surface area contributed by atoms with Crippen LogP contribution in [0.4, 0.5) is 0 Å². The largest absolute Gasteiger partial charge is 0.366 e. The third-order valence-electron chi connectivity index (χ3n) is 3.74. The van der Waals surface area contributed by atoms with Crippen LogP contribution in [0.2, 0.25) is 10.0 Å². The van der Waals surface area contributed by atoms with Crippen LogP contribution in [0.25, 0.3) is 10.9 Å². The Morgan fingerprint density at radius 1 is 1.12 bits per heavy atom. The predicted octanol–water partition coefficient (Wildman–Crippen LogP) is 3.04. The lowest BCUT2D eigenvalue weighted by Gasteiger charge is -2.08. The normalized spacial score (nSPS) is 10.9. The number of primary amides is 1. The highest BCUT2D eigenvalue weighted by molar-refractivity contribution is 6.42. The number of carbonyl (C=O) groups is 1. The second-order valence-electron chi connectivity index (χ2n) is 5.34. The molecule has 1 amide bonds. The molecule has 7 heteroatoms. The highest BCUT2D eigenvalue weighted by Gasteiger charge is 2.08. The molecule has 2 N–H and O–H groups in total. The van der Waals surface area contributed by atoms with E-state index in [1.54, 1.807) is 18.2 Å². The van der Waals surface area contributed by atoms with Crippen LogP contribution in [0.15, 0.2) is 47.5 Å². The Kier molecular flexibility index (Phi) is 4.55. The Morgan fingerprint density at radius 2 is 1.92 bits per heavy atom. The van der Waals surface area contributed by atoms with E-state index in [0.29, 0.717) is 39.5 Å². The van der Waals surface area contributed by atoms with Gasteiger partial charge in [-0.1, -0.05) is 29.3 Å². The Morgan fingerprint density at radius 3 is 2.62 bits per heavy atom. The van der Waals surface area contributed by atoms with Crippen molar-refractivity contribution in [2.24, 2.45) is 5.73 Å². The van der Waals surface area contributed by atoms with Crippen molar-refractivity contribution >= 4 is 40.0 Å². The van der Waals surface area contributed by atoms with Gasteiger partial charge in [0, 0.05) is 12.1 Å². The number of hydrogen-bond donors (Lipinski definition) is 1. The molecule has 0 bridgehead atoms. The Labute approximate surface area is 147 Å². The third kappa shape index (κ3) is 3.27. The fourth-order valence-electron chi connectivity index (χ4n) is 2.42. The molecule has 2 aromatic carbocycles. The maximum Gasteiger partial charge on any atom is 0.261 e. The quantitative estimate of drug-likeness (QED) is 0.775. The van der Waals surface area contributed by atoms with Crippen molar-refractivity contribution in [2.75, 3.05) is 0 Å². The van der Waals surface area contributed by atoms with Crippen molar-refractivity contribution in [2.45, 2.75) is 13.0 Å². The van der Waals surface area contributed by atoms with Crippen molar-refractivity contribution in [3.63, 3.8) is 0 Å². The number of nitrogens with two attached hydrogens (primary N) is 1. The van der Waals surface area contributed by atoms with Gasteiger partial charge >= 0.3 is 0 Å². The van der Waals surface area contributed by atoms with Gasteiger partial charge in [0.1, 0.15) is 0 Å². The van der Waals surface area contributed by atoms with Crippen LogP contribution in [-0.2, 0) is 13.0 Å². The number of aryl methyl sites for hydroxylation is 2. The highest BCUT2D eigenvalue weighted by Crippen LogP contribution is 2.22. The van der Waals surface area contributed by atoms with E-state index in [2.05, 4.69) is 4.98 Å². The van der Waals surface area contributed by atoms with Gasteiger partial charge in [-0.15, -0.1) is 0 Å². The third-order valence-corrected chi connectivity index (χ3v) is 4.47. The Balaban J connectivity index is 1.88. The monoisotopic (exact) mass is 361 g/mol. The Bertz CT molecular complexity index is 999. The van der Waals surface area contributed by atoms with Gasteiger partial charge in [-0.2, -0.15) is 0 Å². The molecule has 122 valence electrons. The van der Waals surface area contributed by atoms with Crippen molar-refractivity contribution < 1.29 is 4.79 Å². The SMILES string of the molecule is NC(=O)c1ccc2c(=O)n(CCc3ccc(Cl)c(Cl)c3)cnc2c1. The van der Waals surface area contributed by atoms with Crippen LogP contribution in [0.1, 0.15) is 15.9 Å². The smallest absolute Gasteiger partial charge is 0.261 e. The summed E-state index contributed by atoms with van der Waals surface area (Å²) < 4.78 is 1.52. The molecule has 0 saturated heterocycles. The van der Waals surface area contributed by atoms with Crippen LogP contribution < -0.4 is 11.3 Å². The second kappa shape index (κ2) is 6.63. The summed E-state index contributed by atoms with van der Waals surface area (Å²) in [4.78, 5) is 27.9. The number of fused-ring (bicyclic) bond motifs is 1. The number of amides is 1. The summed E-state index contributed by atoms with van der Waals surface area (Å²) in [5.74, 6) is -0.553. The standard InChI is InChI=1S/C17H13Cl2N3O2/c18-13-4-1-10(7-14(13)19)5-6-22-9-21-15-8-11(16(20)23)2-3-12(15)17(22)24/h1-4,7-9H,5-6H2,(H2,20,23). The average Bonchev–Trinajstić information content (AvgIpc) is 2.57. The van der Waals surface area contributed by atoms with Crippen molar-refractivity contribution in [3.8, 4) is 0 Å². The van der Waals surface area contributed by atoms with Gasteiger partial charge in [-0.25, -0.2) is 4.98 Å². The first-order valence-electron chi connectivity index (χ1n) is 7.18. The summed E-state index contributed by atoms with van der Waals surface area (Å²) in [6.45, 7) is 0.456. The van der Waals surface area contributed by atoms with Crippen molar-refractivity contribution in [3.05, 3.63) is 74.3 Å². The molecule has 0 unspecified atom stereocenters. The van der Waals surface area contributed by atoms with E-state index in [-0.39, 0.29) is 5.56 Å². The zero-order chi connectivity index (χ0) is 17.3. The van der Waals surface area contributed by atoms with Crippen LogP contribution in [0.3, 0.4) is 0 Å². The number of benzene rings is 2. The van der Waals surface area contributed by atoms with Crippen LogP contribution >= 0.6 is 23.2 Å². The lowest BCUT2D eigenvalue weighted by molar-refractivity contribution is 0.100. The summed E-state index contributed by atoms with van der Waals surface area (Å²) in [5.41, 5.74) is 6.81. The van der Waals surface area contributed by atoms with E-state index < -0.39 is 5.91 Å². The molecule has 1 aromatic heterocycles. The molecule has 0 atom stereocenters. The molecule has 5 nitrogen and oxygen atoms in total. The van der Waals surface area contributed by atoms with Crippen molar-refractivity contribution in [1.29, 1.82) is 0 Å². The number of nitrogens with zero attached hydrogens (tertiary/aromatic N) is 2. The molecule has 1 heterocycles. The van der Waals surface area contributed by atoms with Gasteiger partial charge < -0.3 is 5.73 Å². The minimum atomic E-state index is -0.553. The number of rotatable bonds is 4. The van der Waals surface area contributed by atoms with Gasteiger partial charge in [0.15, 0.2) is 0 Å². The molecule has 0 fully saturated rings. The van der Waals surface area contributed by atoms with E-state index in [1.807, 2.05) is 6.07 Å². The summed E-state index contributed by atoms with van der Waals surface area (Å²) in [7, 11) is 0. The lowest BCUT2D eigenvalue weighted by Crippen LogP contribution is -2.22. The van der Waals surface area contributed by atoms with E-state index in [9.17, 15) is 9.59 Å². The average molecular weight is 362 g/mol. The van der Waals surface area contributed by atoms with Crippen molar-refractivity contribution in [1.82, 2.24) is 9.55 Å².